The van der Waals surface area contributed by atoms with Gasteiger partial charge in [0, 0.05) is 5.92 Å². The zero-order chi connectivity index (χ0) is 6.53. The van der Waals surface area contributed by atoms with Crippen LogP contribution in [0, 0.1) is 5.92 Å². The van der Waals surface area contributed by atoms with Gasteiger partial charge in [-0.25, -0.2) is 0 Å². The molecule has 0 aromatic rings. The lowest BCUT2D eigenvalue weighted by Gasteiger charge is -2.15. The lowest BCUT2D eigenvalue weighted by Crippen LogP contribution is -2.06. The molecule has 1 saturated carbocycles. The molecule has 0 aromatic heterocycles. The number of hydrogen-bond acceptors (Lipinski definition) is 2. The Labute approximate surface area is 55.6 Å². The van der Waals surface area contributed by atoms with Gasteiger partial charge < -0.3 is 5.21 Å². The van der Waals surface area contributed by atoms with Gasteiger partial charge >= 0.3 is 0 Å². The first-order valence-corrected chi connectivity index (χ1v) is 3.53. The van der Waals surface area contributed by atoms with Crippen molar-refractivity contribution in [1.82, 2.24) is 0 Å². The zero-order valence-electron chi connectivity index (χ0n) is 5.51. The highest BCUT2D eigenvalue weighted by atomic mass is 16.4. The first-order chi connectivity index (χ1) is 4.43. The average Bonchev–Trinajstić information content (AvgIpc) is 1.91. The van der Waals surface area contributed by atoms with E-state index >= 15 is 0 Å². The second kappa shape index (κ2) is 3.49. The molecule has 2 nitrogen and oxygen atoms in total. The van der Waals surface area contributed by atoms with E-state index in [1.54, 1.807) is 0 Å². The first-order valence-electron chi connectivity index (χ1n) is 3.53. The lowest BCUT2D eigenvalue weighted by molar-refractivity contribution is 0.314. The molecule has 0 aliphatic heterocycles. The Balaban J connectivity index is 2.23. The Kier molecular flexibility index (Phi) is 2.55. The van der Waals surface area contributed by atoms with Crippen molar-refractivity contribution < 1.29 is 5.21 Å². The highest BCUT2D eigenvalue weighted by Crippen LogP contribution is 2.21. The van der Waals surface area contributed by atoms with Gasteiger partial charge in [0.25, 0.3) is 0 Å². The molecule has 1 aliphatic carbocycles. The summed E-state index contributed by atoms with van der Waals surface area (Å²) < 4.78 is 0. The van der Waals surface area contributed by atoms with Gasteiger partial charge in [-0.05, 0) is 12.8 Å². The summed E-state index contributed by atoms with van der Waals surface area (Å²) in [6, 6.07) is 0. The van der Waals surface area contributed by atoms with E-state index in [1.165, 1.54) is 19.3 Å². The van der Waals surface area contributed by atoms with E-state index in [0.717, 1.165) is 12.8 Å². The summed E-state index contributed by atoms with van der Waals surface area (Å²) in [6.07, 6.45) is 8.86. The monoisotopic (exact) mass is 126 g/mol. The third-order valence-corrected chi connectivity index (χ3v) is 1.85. The van der Waals surface area contributed by atoms with E-state index in [2.05, 4.69) is 11.4 Å². The second-order valence-corrected chi connectivity index (χ2v) is 2.56. The number of nitrogens with zero attached hydrogens (tertiary/aromatic N) is 1. The van der Waals surface area contributed by atoms with Crippen molar-refractivity contribution in [3.8, 4) is 0 Å². The van der Waals surface area contributed by atoms with E-state index in [4.69, 9.17) is 5.21 Å². The minimum Gasteiger partial charge on any atom is -0.411 e. The molecule has 1 fully saturated rings. The van der Waals surface area contributed by atoms with E-state index in [0.29, 0.717) is 5.92 Å². The highest BCUT2D eigenvalue weighted by molar-refractivity contribution is 5.59. The molecule has 1 rings (SSSR count). The molecule has 0 bridgehead atoms. The third-order valence-electron chi connectivity index (χ3n) is 1.85. The predicted octanol–water partition coefficient (Wildman–Crippen LogP) is 1.90. The molecule has 2 heteroatoms. The maximum Gasteiger partial charge on any atom is 0.108 e. The molecular formula is C7H12NO. The van der Waals surface area contributed by atoms with Crippen molar-refractivity contribution in [2.45, 2.75) is 32.1 Å². The third kappa shape index (κ3) is 2.04. The maximum atomic E-state index is 8.13. The predicted molar refractivity (Wildman–Crippen MR) is 35.8 cm³/mol. The van der Waals surface area contributed by atoms with Crippen LogP contribution in [0.5, 0.6) is 0 Å². The molecular weight excluding hydrogens is 114 g/mol. The SMILES string of the molecule is O/N=[C]/C1CCCCC1. The molecule has 0 saturated heterocycles. The van der Waals surface area contributed by atoms with Crippen molar-refractivity contribution in [2.75, 3.05) is 0 Å². The van der Waals surface area contributed by atoms with Crippen LogP contribution in [-0.2, 0) is 0 Å². The van der Waals surface area contributed by atoms with Crippen molar-refractivity contribution in [1.29, 1.82) is 0 Å². The van der Waals surface area contributed by atoms with Crippen LogP contribution in [0.2, 0.25) is 0 Å². The van der Waals surface area contributed by atoms with E-state index in [9.17, 15) is 0 Å². The first kappa shape index (κ1) is 6.59. The summed E-state index contributed by atoms with van der Waals surface area (Å²) in [5.41, 5.74) is 0. The summed E-state index contributed by atoms with van der Waals surface area (Å²) >= 11 is 0. The van der Waals surface area contributed by atoms with E-state index in [-0.39, 0.29) is 0 Å². The quantitative estimate of drug-likeness (QED) is 0.325. The van der Waals surface area contributed by atoms with Crippen LogP contribution in [-0.4, -0.2) is 11.4 Å². The van der Waals surface area contributed by atoms with Crippen LogP contribution in [0.4, 0.5) is 0 Å². The van der Waals surface area contributed by atoms with Crippen LogP contribution in [0.1, 0.15) is 32.1 Å². The van der Waals surface area contributed by atoms with Gasteiger partial charge in [-0.1, -0.05) is 24.4 Å². The van der Waals surface area contributed by atoms with Gasteiger partial charge in [0.05, 0.1) is 0 Å². The molecule has 1 N–H and O–H groups in total. The standard InChI is InChI=1S/C7H12NO/c9-8-6-7-4-2-1-3-5-7/h7,9H,1-5H2. The van der Waals surface area contributed by atoms with Crippen LogP contribution >= 0.6 is 0 Å². The smallest absolute Gasteiger partial charge is 0.108 e. The highest BCUT2D eigenvalue weighted by Gasteiger charge is 2.10. The fraction of sp³-hybridized carbons (Fsp3) is 0.857. The van der Waals surface area contributed by atoms with Gasteiger partial charge in [0.1, 0.15) is 6.21 Å². The summed E-state index contributed by atoms with van der Waals surface area (Å²) in [4.78, 5) is 0. The van der Waals surface area contributed by atoms with Crippen LogP contribution < -0.4 is 0 Å². The van der Waals surface area contributed by atoms with Crippen LogP contribution in [0.15, 0.2) is 5.16 Å². The summed E-state index contributed by atoms with van der Waals surface area (Å²) in [5, 5.41) is 11.0. The largest absolute Gasteiger partial charge is 0.411 e. The minimum absolute atomic E-state index is 0.434. The topological polar surface area (TPSA) is 32.6 Å². The fourth-order valence-corrected chi connectivity index (χ4v) is 1.31. The molecule has 9 heavy (non-hydrogen) atoms. The summed E-state index contributed by atoms with van der Waals surface area (Å²) in [6.45, 7) is 0. The molecule has 0 unspecified atom stereocenters. The van der Waals surface area contributed by atoms with Crippen molar-refractivity contribution in [3.63, 3.8) is 0 Å². The van der Waals surface area contributed by atoms with Crippen molar-refractivity contribution in [3.05, 3.63) is 0 Å². The normalized spacial score (nSPS) is 23.1. The maximum absolute atomic E-state index is 8.13. The van der Waals surface area contributed by atoms with Gasteiger partial charge in [-0.3, -0.25) is 0 Å². The van der Waals surface area contributed by atoms with Crippen LogP contribution in [0.25, 0.3) is 0 Å². The molecule has 0 spiro atoms. The molecule has 1 radical (unpaired) electrons. The van der Waals surface area contributed by atoms with Gasteiger partial charge in [0.2, 0.25) is 0 Å². The minimum atomic E-state index is 0.434. The Hall–Kier alpha value is -0.530. The van der Waals surface area contributed by atoms with Crippen molar-refractivity contribution in [2.24, 2.45) is 11.1 Å². The number of hydrogen-bond donors (Lipinski definition) is 1. The number of rotatable bonds is 1. The molecule has 0 amide bonds. The second-order valence-electron chi connectivity index (χ2n) is 2.56. The summed E-state index contributed by atoms with van der Waals surface area (Å²) in [5.74, 6) is 0.434. The van der Waals surface area contributed by atoms with Gasteiger partial charge in [-0.15, -0.1) is 0 Å². The fourth-order valence-electron chi connectivity index (χ4n) is 1.31. The molecule has 51 valence electrons. The van der Waals surface area contributed by atoms with Crippen molar-refractivity contribution >= 4 is 6.21 Å². The average molecular weight is 126 g/mol. The van der Waals surface area contributed by atoms with E-state index in [1.807, 2.05) is 0 Å². The zero-order valence-corrected chi connectivity index (χ0v) is 5.51. The van der Waals surface area contributed by atoms with E-state index < -0.39 is 0 Å². The molecule has 0 heterocycles. The van der Waals surface area contributed by atoms with Gasteiger partial charge in [-0.2, -0.15) is 0 Å². The Morgan fingerprint density at radius 1 is 1.22 bits per heavy atom. The Morgan fingerprint density at radius 3 is 2.44 bits per heavy atom. The Morgan fingerprint density at radius 2 is 1.89 bits per heavy atom. The van der Waals surface area contributed by atoms with Gasteiger partial charge in [0.15, 0.2) is 0 Å². The lowest BCUT2D eigenvalue weighted by atomic mass is 9.90. The molecule has 0 atom stereocenters. The molecule has 0 aromatic carbocycles. The molecule has 1 aliphatic rings. The summed E-state index contributed by atoms with van der Waals surface area (Å²) in [7, 11) is 0. The van der Waals surface area contributed by atoms with Crippen LogP contribution in [0.3, 0.4) is 0 Å². The Bertz CT molecular complexity index is 95.1.